The molecule has 6 heteroatoms. The Bertz CT molecular complexity index is 645. The van der Waals surface area contributed by atoms with Gasteiger partial charge in [-0.15, -0.1) is 7.05 Å². The second kappa shape index (κ2) is 7.75. The van der Waals surface area contributed by atoms with E-state index < -0.39 is 5.97 Å². The van der Waals surface area contributed by atoms with E-state index in [0.29, 0.717) is 28.0 Å². The number of amides is 1. The van der Waals surface area contributed by atoms with Gasteiger partial charge in [0.25, 0.3) is 5.91 Å². The number of carbonyl (C=O) groups is 2. The molecule has 0 saturated heterocycles. The number of likely N-dealkylation sites (N-methyl/N-ethyl adjacent to an activating group) is 1. The molecule has 0 saturated carbocycles. The average Bonchev–Trinajstić information content (AvgIpc) is 2.48. The van der Waals surface area contributed by atoms with Crippen LogP contribution in [0, 0.1) is 20.5 Å². The molecule has 1 aromatic carbocycles. The summed E-state index contributed by atoms with van der Waals surface area (Å²) in [5, 5.41) is 2.76. The fourth-order valence-electron chi connectivity index (χ4n) is 2.01. The van der Waals surface area contributed by atoms with Crippen LogP contribution in [0.25, 0.3) is 4.85 Å². The molecular weight excluding hydrogens is 294 g/mol. The molecule has 0 aliphatic heterocycles. The van der Waals surface area contributed by atoms with Gasteiger partial charge < -0.3 is 14.5 Å². The molecule has 0 heterocycles. The summed E-state index contributed by atoms with van der Waals surface area (Å²) in [7, 11) is 5.80. The first-order valence-electron chi connectivity index (χ1n) is 7.42. The van der Waals surface area contributed by atoms with Crippen LogP contribution in [0.4, 0.5) is 11.4 Å². The fraction of sp³-hybridized carbons (Fsp3) is 0.412. The number of quaternary nitrogens is 1. The van der Waals surface area contributed by atoms with Crippen molar-refractivity contribution in [3.05, 3.63) is 41.7 Å². The summed E-state index contributed by atoms with van der Waals surface area (Å²) in [6.45, 7) is 13.6. The molecule has 0 aromatic heterocycles. The Balaban J connectivity index is 3.17. The molecule has 0 bridgehead atoms. The number of carbonyl (C=O) groups excluding carboxylic acids is 2. The summed E-state index contributed by atoms with van der Waals surface area (Å²) in [5.41, 5.74) is 1.55. The number of ether oxygens (including phenoxy) is 1. The van der Waals surface area contributed by atoms with Gasteiger partial charge in [-0.2, -0.15) is 0 Å². The molecule has 1 N–H and O–H groups in total. The van der Waals surface area contributed by atoms with Crippen LogP contribution in [-0.4, -0.2) is 43.1 Å². The van der Waals surface area contributed by atoms with Gasteiger partial charge in [0.05, 0.1) is 31.0 Å². The first kappa shape index (κ1) is 18.7. The number of nitrogens with zero attached hydrogens (tertiary/aromatic N) is 2. The number of hydrogen-bond acceptors (Lipinski definition) is 3. The average molecular weight is 317 g/mol. The summed E-state index contributed by atoms with van der Waals surface area (Å²) in [4.78, 5) is 27.7. The van der Waals surface area contributed by atoms with Gasteiger partial charge in [-0.05, 0) is 32.4 Å². The second-order valence-corrected chi connectivity index (χ2v) is 5.66. The number of aryl methyl sites for hydroxylation is 1. The lowest BCUT2D eigenvalue weighted by molar-refractivity contribution is -0.855. The second-order valence-electron chi connectivity index (χ2n) is 5.66. The van der Waals surface area contributed by atoms with Gasteiger partial charge in [-0.3, -0.25) is 4.79 Å². The van der Waals surface area contributed by atoms with Crippen LogP contribution >= 0.6 is 0 Å². The summed E-state index contributed by atoms with van der Waals surface area (Å²) in [6.07, 6.45) is 0. The Morgan fingerprint density at radius 2 is 2.04 bits per heavy atom. The van der Waals surface area contributed by atoms with Crippen molar-refractivity contribution < 1.29 is 18.8 Å². The van der Waals surface area contributed by atoms with Crippen molar-refractivity contribution in [2.75, 3.05) is 32.1 Å². The molecule has 1 unspecified atom stereocenters. The van der Waals surface area contributed by atoms with Gasteiger partial charge in [0.1, 0.15) is 6.54 Å². The van der Waals surface area contributed by atoms with E-state index in [1.807, 2.05) is 14.0 Å². The van der Waals surface area contributed by atoms with Gasteiger partial charge in [0.2, 0.25) is 0 Å². The lowest BCUT2D eigenvalue weighted by Gasteiger charge is -2.35. The van der Waals surface area contributed by atoms with E-state index in [1.165, 1.54) is 6.07 Å². The third-order valence-corrected chi connectivity index (χ3v) is 3.50. The Labute approximate surface area is 137 Å². The molecule has 23 heavy (non-hydrogen) atoms. The first-order valence-corrected chi connectivity index (χ1v) is 7.42. The van der Waals surface area contributed by atoms with E-state index in [1.54, 1.807) is 19.9 Å². The Hall–Kier alpha value is -2.39. The predicted molar refractivity (Wildman–Crippen MR) is 89.0 cm³/mol. The number of rotatable bonds is 6. The van der Waals surface area contributed by atoms with Gasteiger partial charge in [0, 0.05) is 7.05 Å². The van der Waals surface area contributed by atoms with Crippen molar-refractivity contribution in [3.63, 3.8) is 0 Å². The molecule has 0 radical (unpaired) electrons. The normalized spacial score (nSPS) is 12.9. The molecule has 0 spiro atoms. The van der Waals surface area contributed by atoms with E-state index in [-0.39, 0.29) is 24.6 Å². The number of anilines is 1. The van der Waals surface area contributed by atoms with Crippen molar-refractivity contribution in [2.24, 2.45) is 0 Å². The topological polar surface area (TPSA) is 59.8 Å². The lowest BCUT2D eigenvalue weighted by Crippen LogP contribution is -2.43. The molecule has 1 amide bonds. The summed E-state index contributed by atoms with van der Waals surface area (Å²) >= 11 is 0. The van der Waals surface area contributed by atoms with Crippen LogP contribution in [0.5, 0.6) is 0 Å². The third-order valence-electron chi connectivity index (χ3n) is 3.50. The molecule has 1 aromatic rings. The van der Waals surface area contributed by atoms with Crippen molar-refractivity contribution in [3.8, 4) is 0 Å². The molecule has 1 atom stereocenters. The minimum absolute atomic E-state index is 0.183. The minimum atomic E-state index is -0.557. The van der Waals surface area contributed by atoms with Crippen molar-refractivity contribution in [2.45, 2.75) is 20.8 Å². The fourth-order valence-corrected chi connectivity index (χ4v) is 2.01. The molecule has 0 fully saturated rings. The standard InChI is InChI=1S/C17H23N3O3/c1-7-20(5,6)11-15(21)19-16-12(3)9-13(18-4)10-14(16)17(22)23-8-2/h9-10H,5,7-8,11H2,1-3,6H3,(H,19,21). The van der Waals surface area contributed by atoms with Crippen LogP contribution < -0.4 is 5.32 Å². The van der Waals surface area contributed by atoms with E-state index in [0.717, 1.165) is 0 Å². The molecular formula is C17H23N3O3. The molecule has 1 rings (SSSR count). The predicted octanol–water partition coefficient (Wildman–Crippen LogP) is 2.92. The smallest absolute Gasteiger partial charge is 0.338 e. The highest BCUT2D eigenvalue weighted by atomic mass is 16.5. The van der Waals surface area contributed by atoms with Gasteiger partial charge in [-0.1, -0.05) is 6.07 Å². The summed E-state index contributed by atoms with van der Waals surface area (Å²) < 4.78 is 5.31. The Kier molecular flexibility index (Phi) is 6.28. The molecule has 6 nitrogen and oxygen atoms in total. The van der Waals surface area contributed by atoms with Gasteiger partial charge in [0.15, 0.2) is 5.69 Å². The number of nitrogens with one attached hydrogen (secondary N) is 1. The van der Waals surface area contributed by atoms with Crippen LogP contribution in [0.15, 0.2) is 12.1 Å². The lowest BCUT2D eigenvalue weighted by atomic mass is 10.1. The zero-order chi connectivity index (χ0) is 17.6. The van der Waals surface area contributed by atoms with Crippen molar-refractivity contribution in [1.29, 1.82) is 0 Å². The zero-order valence-electron chi connectivity index (χ0n) is 14.1. The minimum Gasteiger partial charge on any atom is -0.462 e. The Morgan fingerprint density at radius 1 is 1.39 bits per heavy atom. The zero-order valence-corrected chi connectivity index (χ0v) is 14.1. The third kappa shape index (κ3) is 5.08. The quantitative estimate of drug-likeness (QED) is 0.498. The van der Waals surface area contributed by atoms with E-state index in [4.69, 9.17) is 11.3 Å². The number of esters is 1. The maximum absolute atomic E-state index is 12.2. The summed E-state index contributed by atoms with van der Waals surface area (Å²) in [5.74, 6) is -0.799. The maximum Gasteiger partial charge on any atom is 0.338 e. The first-order chi connectivity index (χ1) is 10.7. The maximum atomic E-state index is 12.2. The largest absolute Gasteiger partial charge is 0.462 e. The van der Waals surface area contributed by atoms with Crippen LogP contribution in [-0.2, 0) is 9.53 Å². The number of hydrogen-bond donors (Lipinski definition) is 1. The van der Waals surface area contributed by atoms with Crippen molar-refractivity contribution >= 4 is 23.3 Å². The van der Waals surface area contributed by atoms with E-state index in [2.05, 4.69) is 17.2 Å². The van der Waals surface area contributed by atoms with Crippen LogP contribution in [0.3, 0.4) is 0 Å². The molecule has 124 valence electrons. The highest BCUT2D eigenvalue weighted by molar-refractivity contribution is 6.03. The van der Waals surface area contributed by atoms with Gasteiger partial charge >= 0.3 is 5.97 Å². The molecule has 0 aliphatic carbocycles. The highest BCUT2D eigenvalue weighted by Crippen LogP contribution is 2.28. The SMILES string of the molecule is [C-]#[N+]c1cc(C)c(NC(=O)C[N+]([CH2-])(C)CC)c(C(=O)OCC)c1. The number of benzene rings is 1. The Morgan fingerprint density at radius 3 is 2.57 bits per heavy atom. The highest BCUT2D eigenvalue weighted by Gasteiger charge is 2.20. The van der Waals surface area contributed by atoms with Crippen molar-refractivity contribution in [1.82, 2.24) is 0 Å². The van der Waals surface area contributed by atoms with E-state index in [9.17, 15) is 9.59 Å². The summed E-state index contributed by atoms with van der Waals surface area (Å²) in [6, 6.07) is 3.06. The van der Waals surface area contributed by atoms with E-state index >= 15 is 0 Å². The van der Waals surface area contributed by atoms with Crippen LogP contribution in [0.2, 0.25) is 0 Å². The monoisotopic (exact) mass is 317 g/mol. The van der Waals surface area contributed by atoms with Crippen LogP contribution in [0.1, 0.15) is 29.8 Å². The van der Waals surface area contributed by atoms with Gasteiger partial charge in [-0.25, -0.2) is 9.64 Å². The molecule has 0 aliphatic rings.